The predicted octanol–water partition coefficient (Wildman–Crippen LogP) is 3.70. The topological polar surface area (TPSA) is 76.3 Å². The SMILES string of the molecule is NC(=O)[C@@H]1C[C@@H]2CCC[C@@H]2N1C(=O)c1nc(C2CC2)sc1-c1ccc(F)cc1. The Kier molecular flexibility index (Phi) is 4.23. The van der Waals surface area contributed by atoms with E-state index >= 15 is 0 Å². The van der Waals surface area contributed by atoms with Gasteiger partial charge in [0.05, 0.1) is 9.88 Å². The second-order valence-electron chi connectivity index (χ2n) is 8.14. The molecule has 2 aromatic rings. The van der Waals surface area contributed by atoms with Gasteiger partial charge in [0.25, 0.3) is 5.91 Å². The van der Waals surface area contributed by atoms with Gasteiger partial charge in [-0.15, -0.1) is 11.3 Å². The molecule has 5 nitrogen and oxygen atoms in total. The van der Waals surface area contributed by atoms with Crippen LogP contribution in [0.4, 0.5) is 4.39 Å². The number of rotatable bonds is 4. The minimum Gasteiger partial charge on any atom is -0.368 e. The van der Waals surface area contributed by atoms with Gasteiger partial charge in [-0.1, -0.05) is 18.6 Å². The lowest BCUT2D eigenvalue weighted by Crippen LogP contribution is -2.47. The largest absolute Gasteiger partial charge is 0.368 e. The number of hydrogen-bond donors (Lipinski definition) is 1. The molecule has 1 aliphatic heterocycles. The van der Waals surface area contributed by atoms with Crippen LogP contribution in [0.3, 0.4) is 0 Å². The molecule has 0 radical (unpaired) electrons. The predicted molar refractivity (Wildman–Crippen MR) is 104 cm³/mol. The molecule has 5 rings (SSSR count). The van der Waals surface area contributed by atoms with Gasteiger partial charge in [0.1, 0.15) is 17.6 Å². The Bertz CT molecular complexity index is 938. The molecule has 2 aliphatic carbocycles. The van der Waals surface area contributed by atoms with Gasteiger partial charge in [-0.05, 0) is 55.7 Å². The number of primary amides is 1. The first-order valence-corrected chi connectivity index (χ1v) is 10.7. The molecule has 3 fully saturated rings. The number of aromatic nitrogens is 1. The summed E-state index contributed by atoms with van der Waals surface area (Å²) in [4.78, 5) is 32.8. The van der Waals surface area contributed by atoms with E-state index in [0.717, 1.165) is 47.6 Å². The van der Waals surface area contributed by atoms with E-state index in [0.29, 0.717) is 24.0 Å². The summed E-state index contributed by atoms with van der Waals surface area (Å²) in [6.45, 7) is 0. The first-order valence-electron chi connectivity index (χ1n) is 9.91. The van der Waals surface area contributed by atoms with Crippen molar-refractivity contribution in [1.29, 1.82) is 0 Å². The van der Waals surface area contributed by atoms with E-state index in [1.165, 1.54) is 23.5 Å². The summed E-state index contributed by atoms with van der Waals surface area (Å²) in [5, 5.41) is 0.959. The fraction of sp³-hybridized carbons (Fsp3) is 0.476. The zero-order valence-electron chi connectivity index (χ0n) is 15.4. The second kappa shape index (κ2) is 6.65. The van der Waals surface area contributed by atoms with E-state index in [-0.39, 0.29) is 17.8 Å². The number of nitrogens with two attached hydrogens (primary N) is 1. The first-order chi connectivity index (χ1) is 13.5. The van der Waals surface area contributed by atoms with Crippen molar-refractivity contribution in [2.24, 2.45) is 11.7 Å². The fourth-order valence-electron chi connectivity index (χ4n) is 4.74. The normalized spacial score (nSPS) is 26.5. The zero-order chi connectivity index (χ0) is 19.4. The molecular formula is C21H22FN3O2S. The summed E-state index contributed by atoms with van der Waals surface area (Å²) in [5.41, 5.74) is 6.81. The van der Waals surface area contributed by atoms with Crippen LogP contribution in [-0.2, 0) is 4.79 Å². The second-order valence-corrected chi connectivity index (χ2v) is 9.17. The van der Waals surface area contributed by atoms with Crippen LogP contribution < -0.4 is 5.73 Å². The minimum absolute atomic E-state index is 0.0668. The number of fused-ring (bicyclic) bond motifs is 1. The number of amides is 2. The number of hydrogen-bond acceptors (Lipinski definition) is 4. The Labute approximate surface area is 166 Å². The van der Waals surface area contributed by atoms with Crippen molar-refractivity contribution in [2.75, 3.05) is 0 Å². The molecule has 3 atom stereocenters. The molecule has 2 heterocycles. The Hall–Kier alpha value is -2.28. The molecule has 0 spiro atoms. The quantitative estimate of drug-likeness (QED) is 0.852. The van der Waals surface area contributed by atoms with E-state index in [1.54, 1.807) is 17.0 Å². The van der Waals surface area contributed by atoms with E-state index in [4.69, 9.17) is 10.7 Å². The summed E-state index contributed by atoms with van der Waals surface area (Å²) in [6.07, 6.45) is 5.83. The molecule has 1 saturated heterocycles. The van der Waals surface area contributed by atoms with E-state index in [9.17, 15) is 14.0 Å². The average molecular weight is 399 g/mol. The third-order valence-electron chi connectivity index (χ3n) is 6.28. The van der Waals surface area contributed by atoms with Crippen LogP contribution in [0.15, 0.2) is 24.3 Å². The van der Waals surface area contributed by atoms with E-state index in [1.807, 2.05) is 0 Å². The van der Waals surface area contributed by atoms with E-state index in [2.05, 4.69) is 0 Å². The Morgan fingerprint density at radius 1 is 1.14 bits per heavy atom. The number of likely N-dealkylation sites (tertiary alicyclic amines) is 1. The van der Waals surface area contributed by atoms with Gasteiger partial charge in [0.15, 0.2) is 0 Å². The molecule has 1 aromatic heterocycles. The highest BCUT2D eigenvalue weighted by Crippen LogP contribution is 2.47. The Balaban J connectivity index is 1.56. The van der Waals surface area contributed by atoms with Crippen molar-refractivity contribution < 1.29 is 14.0 Å². The maximum atomic E-state index is 13.6. The summed E-state index contributed by atoms with van der Waals surface area (Å²) in [6, 6.07) is 5.67. The van der Waals surface area contributed by atoms with Gasteiger partial charge in [0.2, 0.25) is 5.91 Å². The lowest BCUT2D eigenvalue weighted by atomic mass is 10.0. The Morgan fingerprint density at radius 2 is 1.89 bits per heavy atom. The van der Waals surface area contributed by atoms with Crippen molar-refractivity contribution >= 4 is 23.2 Å². The molecule has 1 aromatic carbocycles. The molecular weight excluding hydrogens is 377 g/mol. The van der Waals surface area contributed by atoms with E-state index < -0.39 is 11.9 Å². The molecule has 2 amide bonds. The average Bonchev–Trinajstić information content (AvgIpc) is 3.12. The fourth-order valence-corrected chi connectivity index (χ4v) is 5.97. The molecule has 28 heavy (non-hydrogen) atoms. The van der Waals surface area contributed by atoms with Crippen molar-refractivity contribution in [2.45, 2.75) is 56.5 Å². The highest BCUT2D eigenvalue weighted by Gasteiger charge is 2.49. The van der Waals surface area contributed by atoms with Gasteiger partial charge in [0, 0.05) is 12.0 Å². The number of halogens is 1. The first kappa shape index (κ1) is 17.8. The number of carbonyl (C=O) groups is 2. The highest BCUT2D eigenvalue weighted by atomic mass is 32.1. The van der Waals surface area contributed by atoms with Gasteiger partial charge < -0.3 is 10.6 Å². The zero-order valence-corrected chi connectivity index (χ0v) is 16.3. The van der Waals surface area contributed by atoms with Crippen molar-refractivity contribution in [1.82, 2.24) is 9.88 Å². The summed E-state index contributed by atoms with van der Waals surface area (Å²) < 4.78 is 13.4. The summed E-state index contributed by atoms with van der Waals surface area (Å²) >= 11 is 1.51. The minimum atomic E-state index is -0.560. The van der Waals surface area contributed by atoms with Crippen LogP contribution in [0, 0.1) is 11.7 Å². The smallest absolute Gasteiger partial charge is 0.274 e. The van der Waals surface area contributed by atoms with Crippen LogP contribution in [0.25, 0.3) is 10.4 Å². The number of carbonyl (C=O) groups excluding carboxylic acids is 2. The van der Waals surface area contributed by atoms with Crippen LogP contribution in [0.1, 0.15) is 59.9 Å². The van der Waals surface area contributed by atoms with Crippen LogP contribution in [-0.4, -0.2) is 33.8 Å². The molecule has 2 N–H and O–H groups in total. The van der Waals surface area contributed by atoms with Crippen LogP contribution in [0.2, 0.25) is 0 Å². The molecule has 2 saturated carbocycles. The maximum Gasteiger partial charge on any atom is 0.274 e. The van der Waals surface area contributed by atoms with Gasteiger partial charge in [-0.3, -0.25) is 9.59 Å². The standard InChI is InChI=1S/C21H22FN3O2S/c22-14-8-6-11(7-9-14)18-17(24-20(28-18)12-4-5-12)21(27)25-15-3-1-2-13(15)10-16(25)19(23)26/h6-9,12-13,15-16H,1-5,10H2,(H2,23,26)/t13-,15-,16-/m0/s1. The van der Waals surface area contributed by atoms with Crippen molar-refractivity contribution in [3.05, 3.63) is 40.8 Å². The molecule has 0 unspecified atom stereocenters. The van der Waals surface area contributed by atoms with Crippen molar-refractivity contribution in [3.63, 3.8) is 0 Å². The molecule has 7 heteroatoms. The number of nitrogens with zero attached hydrogens (tertiary/aromatic N) is 2. The van der Waals surface area contributed by atoms with Crippen LogP contribution in [0.5, 0.6) is 0 Å². The number of thiazole rings is 1. The molecule has 146 valence electrons. The monoisotopic (exact) mass is 399 g/mol. The summed E-state index contributed by atoms with van der Waals surface area (Å²) in [5.74, 6) is -0.206. The maximum absolute atomic E-state index is 13.6. The molecule has 0 bridgehead atoms. The third-order valence-corrected chi connectivity index (χ3v) is 7.55. The van der Waals surface area contributed by atoms with Crippen molar-refractivity contribution in [3.8, 4) is 10.4 Å². The van der Waals surface area contributed by atoms with Crippen LogP contribution >= 0.6 is 11.3 Å². The summed E-state index contributed by atoms with van der Waals surface area (Å²) in [7, 11) is 0. The Morgan fingerprint density at radius 3 is 2.57 bits per heavy atom. The highest BCUT2D eigenvalue weighted by molar-refractivity contribution is 7.15. The lowest BCUT2D eigenvalue weighted by molar-refractivity contribution is -0.122. The number of benzene rings is 1. The lowest BCUT2D eigenvalue weighted by Gasteiger charge is -2.27. The van der Waals surface area contributed by atoms with Gasteiger partial charge in [-0.25, -0.2) is 9.37 Å². The molecule has 3 aliphatic rings. The van der Waals surface area contributed by atoms with Gasteiger partial charge in [-0.2, -0.15) is 0 Å². The third kappa shape index (κ3) is 2.92. The van der Waals surface area contributed by atoms with Gasteiger partial charge >= 0.3 is 0 Å².